The van der Waals surface area contributed by atoms with Crippen LogP contribution in [0.15, 0.2) is 54.6 Å². The van der Waals surface area contributed by atoms with Gasteiger partial charge in [-0.25, -0.2) is 0 Å². The highest BCUT2D eigenvalue weighted by Gasteiger charge is 2.22. The molecule has 5 heteroatoms. The second kappa shape index (κ2) is 9.04. The summed E-state index contributed by atoms with van der Waals surface area (Å²) in [5.74, 6) is 0.443. The molecule has 0 radical (unpaired) electrons. The van der Waals surface area contributed by atoms with E-state index >= 15 is 0 Å². The van der Waals surface area contributed by atoms with Crippen LogP contribution in [-0.4, -0.2) is 36.4 Å². The van der Waals surface area contributed by atoms with Crippen molar-refractivity contribution in [3.05, 3.63) is 60.2 Å². The molecule has 0 saturated carbocycles. The van der Waals surface area contributed by atoms with Crippen LogP contribution < -0.4 is 9.64 Å². The van der Waals surface area contributed by atoms with Gasteiger partial charge >= 0.3 is 0 Å². The van der Waals surface area contributed by atoms with E-state index in [1.165, 1.54) is 11.8 Å². The standard InChI is InChI=1S/C21H26N2O3/c1-16(2)22(14-18-8-6-5-7-9-18)21(25)15-23(17(3)24)19-10-12-20(26-4)13-11-19/h5-13,16H,14-15H2,1-4H3. The van der Waals surface area contributed by atoms with Crippen molar-refractivity contribution in [2.75, 3.05) is 18.6 Å². The maximum absolute atomic E-state index is 12.9. The molecular formula is C21H26N2O3. The Labute approximate surface area is 155 Å². The highest BCUT2D eigenvalue weighted by molar-refractivity contribution is 5.97. The molecule has 0 heterocycles. The first-order valence-corrected chi connectivity index (χ1v) is 8.68. The molecule has 2 aromatic rings. The van der Waals surface area contributed by atoms with Crippen molar-refractivity contribution in [3.8, 4) is 5.75 Å². The number of hydrogen-bond acceptors (Lipinski definition) is 3. The van der Waals surface area contributed by atoms with E-state index in [1.54, 1.807) is 36.3 Å². The normalized spacial score (nSPS) is 10.5. The lowest BCUT2D eigenvalue weighted by Crippen LogP contribution is -2.44. The van der Waals surface area contributed by atoms with Gasteiger partial charge in [0.05, 0.1) is 7.11 Å². The van der Waals surface area contributed by atoms with E-state index in [-0.39, 0.29) is 24.4 Å². The molecule has 0 N–H and O–H groups in total. The summed E-state index contributed by atoms with van der Waals surface area (Å²) < 4.78 is 5.15. The van der Waals surface area contributed by atoms with Crippen LogP contribution in [0.2, 0.25) is 0 Å². The van der Waals surface area contributed by atoms with Gasteiger partial charge in [-0.15, -0.1) is 0 Å². The molecule has 0 aliphatic rings. The van der Waals surface area contributed by atoms with Gasteiger partial charge in [0.15, 0.2) is 0 Å². The summed E-state index contributed by atoms with van der Waals surface area (Å²) >= 11 is 0. The highest BCUT2D eigenvalue weighted by Crippen LogP contribution is 2.20. The van der Waals surface area contributed by atoms with Crippen LogP contribution >= 0.6 is 0 Å². The van der Waals surface area contributed by atoms with Crippen molar-refractivity contribution in [1.29, 1.82) is 0 Å². The fraction of sp³-hybridized carbons (Fsp3) is 0.333. The van der Waals surface area contributed by atoms with Gasteiger partial charge in [-0.1, -0.05) is 30.3 Å². The van der Waals surface area contributed by atoms with Crippen LogP contribution in [0.4, 0.5) is 5.69 Å². The third-order valence-electron chi connectivity index (χ3n) is 4.20. The Bertz CT molecular complexity index is 727. The van der Waals surface area contributed by atoms with Gasteiger partial charge in [0.25, 0.3) is 0 Å². The van der Waals surface area contributed by atoms with Gasteiger partial charge in [0.1, 0.15) is 12.3 Å². The van der Waals surface area contributed by atoms with Gasteiger partial charge in [0, 0.05) is 25.2 Å². The van der Waals surface area contributed by atoms with E-state index in [0.717, 1.165) is 5.56 Å². The minimum absolute atomic E-state index is 0.00662. The van der Waals surface area contributed by atoms with Gasteiger partial charge in [-0.3, -0.25) is 9.59 Å². The number of methoxy groups -OCH3 is 1. The maximum Gasteiger partial charge on any atom is 0.243 e. The molecule has 138 valence electrons. The molecule has 2 amide bonds. The third kappa shape index (κ3) is 5.09. The van der Waals surface area contributed by atoms with Crippen LogP contribution in [0.1, 0.15) is 26.3 Å². The third-order valence-corrected chi connectivity index (χ3v) is 4.20. The number of amides is 2. The zero-order valence-electron chi connectivity index (χ0n) is 15.8. The molecule has 0 atom stereocenters. The molecule has 0 aromatic heterocycles. The zero-order valence-corrected chi connectivity index (χ0v) is 15.8. The molecule has 0 unspecified atom stereocenters. The summed E-state index contributed by atoms with van der Waals surface area (Å²) in [5, 5.41) is 0. The number of hydrogen-bond donors (Lipinski definition) is 0. The fourth-order valence-electron chi connectivity index (χ4n) is 2.71. The van der Waals surface area contributed by atoms with Crippen LogP contribution in [0.5, 0.6) is 5.75 Å². The molecular weight excluding hydrogens is 328 g/mol. The minimum Gasteiger partial charge on any atom is -0.497 e. The van der Waals surface area contributed by atoms with Crippen LogP contribution in [-0.2, 0) is 16.1 Å². The number of carbonyl (C=O) groups is 2. The molecule has 2 rings (SSSR count). The Morgan fingerprint density at radius 1 is 1.00 bits per heavy atom. The summed E-state index contributed by atoms with van der Waals surface area (Å²) in [6, 6.07) is 17.0. The smallest absolute Gasteiger partial charge is 0.243 e. The summed E-state index contributed by atoms with van der Waals surface area (Å²) in [6.07, 6.45) is 0. The average Bonchev–Trinajstić information content (AvgIpc) is 2.64. The zero-order chi connectivity index (χ0) is 19.1. The quantitative estimate of drug-likeness (QED) is 0.765. The Kier molecular flexibility index (Phi) is 6.78. The van der Waals surface area contributed by atoms with Crippen molar-refractivity contribution in [1.82, 2.24) is 4.90 Å². The van der Waals surface area contributed by atoms with E-state index < -0.39 is 0 Å². The monoisotopic (exact) mass is 354 g/mol. The van der Waals surface area contributed by atoms with Gasteiger partial charge < -0.3 is 14.5 Å². The minimum atomic E-state index is -0.174. The molecule has 0 fully saturated rings. The van der Waals surface area contributed by atoms with Crippen molar-refractivity contribution in [3.63, 3.8) is 0 Å². The number of ether oxygens (including phenoxy) is 1. The Balaban J connectivity index is 2.16. The van der Waals surface area contributed by atoms with E-state index in [1.807, 2.05) is 44.2 Å². The van der Waals surface area contributed by atoms with Gasteiger partial charge in [0.2, 0.25) is 11.8 Å². The van der Waals surface area contributed by atoms with E-state index in [4.69, 9.17) is 4.74 Å². The lowest BCUT2D eigenvalue weighted by Gasteiger charge is -2.30. The first kappa shape index (κ1) is 19.5. The van der Waals surface area contributed by atoms with Crippen molar-refractivity contribution < 1.29 is 14.3 Å². The molecule has 2 aromatic carbocycles. The predicted octanol–water partition coefficient (Wildman–Crippen LogP) is 3.49. The number of carbonyl (C=O) groups excluding carboxylic acids is 2. The molecule has 0 aliphatic carbocycles. The first-order valence-electron chi connectivity index (χ1n) is 8.68. The van der Waals surface area contributed by atoms with Gasteiger partial charge in [-0.05, 0) is 43.7 Å². The van der Waals surface area contributed by atoms with Crippen molar-refractivity contribution >= 4 is 17.5 Å². The van der Waals surface area contributed by atoms with Crippen molar-refractivity contribution in [2.45, 2.75) is 33.4 Å². The fourth-order valence-corrected chi connectivity index (χ4v) is 2.71. The molecule has 0 bridgehead atoms. The highest BCUT2D eigenvalue weighted by atomic mass is 16.5. The topological polar surface area (TPSA) is 49.9 Å². The van der Waals surface area contributed by atoms with E-state index in [9.17, 15) is 9.59 Å². The Hall–Kier alpha value is -2.82. The maximum atomic E-state index is 12.9. The number of benzene rings is 2. The van der Waals surface area contributed by atoms with Gasteiger partial charge in [-0.2, -0.15) is 0 Å². The molecule has 0 aliphatic heterocycles. The summed E-state index contributed by atoms with van der Waals surface area (Å²) in [4.78, 5) is 28.3. The number of nitrogens with zero attached hydrogens (tertiary/aromatic N) is 2. The second-order valence-electron chi connectivity index (χ2n) is 6.40. The van der Waals surface area contributed by atoms with Crippen LogP contribution in [0.25, 0.3) is 0 Å². The van der Waals surface area contributed by atoms with Crippen LogP contribution in [0, 0.1) is 0 Å². The SMILES string of the molecule is COc1ccc(N(CC(=O)N(Cc2ccccc2)C(C)C)C(C)=O)cc1. The average molecular weight is 354 g/mol. The summed E-state index contributed by atoms with van der Waals surface area (Å²) in [7, 11) is 1.59. The number of rotatable bonds is 7. The van der Waals surface area contributed by atoms with Crippen molar-refractivity contribution in [2.24, 2.45) is 0 Å². The van der Waals surface area contributed by atoms with E-state index in [2.05, 4.69) is 0 Å². The Morgan fingerprint density at radius 3 is 2.12 bits per heavy atom. The second-order valence-corrected chi connectivity index (χ2v) is 6.40. The predicted molar refractivity (Wildman–Crippen MR) is 103 cm³/mol. The first-order chi connectivity index (χ1) is 12.4. The Morgan fingerprint density at radius 2 is 1.62 bits per heavy atom. The summed E-state index contributed by atoms with van der Waals surface area (Å²) in [6.45, 7) is 5.95. The number of anilines is 1. The molecule has 0 saturated heterocycles. The van der Waals surface area contributed by atoms with Crippen LogP contribution in [0.3, 0.4) is 0 Å². The lowest BCUT2D eigenvalue weighted by molar-refractivity contribution is -0.133. The summed E-state index contributed by atoms with van der Waals surface area (Å²) in [5.41, 5.74) is 1.74. The molecule has 26 heavy (non-hydrogen) atoms. The largest absolute Gasteiger partial charge is 0.497 e. The molecule has 5 nitrogen and oxygen atoms in total. The van der Waals surface area contributed by atoms with E-state index in [0.29, 0.717) is 18.0 Å². The lowest BCUT2D eigenvalue weighted by atomic mass is 10.2. The molecule has 0 spiro atoms.